The fourth-order valence-corrected chi connectivity index (χ4v) is 2.81. The van der Waals surface area contributed by atoms with Crippen LogP contribution in [0.3, 0.4) is 0 Å². The van der Waals surface area contributed by atoms with Crippen LogP contribution in [0.5, 0.6) is 0 Å². The van der Waals surface area contributed by atoms with Crippen molar-refractivity contribution in [3.63, 3.8) is 0 Å². The molecule has 0 bridgehead atoms. The van der Waals surface area contributed by atoms with Gasteiger partial charge in [0.1, 0.15) is 0 Å². The van der Waals surface area contributed by atoms with Crippen LogP contribution in [0.1, 0.15) is 43.2 Å². The molecule has 25 heavy (non-hydrogen) atoms. The topological polar surface area (TPSA) is 105 Å². The third-order valence-corrected chi connectivity index (χ3v) is 4.50. The zero-order valence-corrected chi connectivity index (χ0v) is 14.6. The van der Waals surface area contributed by atoms with Gasteiger partial charge in [0, 0.05) is 5.69 Å². The maximum absolute atomic E-state index is 11.9. The second kappa shape index (κ2) is 8.11. The molecule has 0 unspecified atom stereocenters. The Morgan fingerprint density at radius 1 is 1.16 bits per heavy atom. The van der Waals surface area contributed by atoms with Crippen molar-refractivity contribution >= 4 is 23.6 Å². The quantitative estimate of drug-likeness (QED) is 0.724. The number of rotatable bonds is 4. The molecule has 1 aliphatic rings. The first-order valence-electron chi connectivity index (χ1n) is 8.38. The minimum Gasteiger partial charge on any atom is -0.453 e. The van der Waals surface area contributed by atoms with Gasteiger partial charge in [0.25, 0.3) is 5.91 Å². The van der Waals surface area contributed by atoms with Gasteiger partial charge in [-0.25, -0.2) is 9.59 Å². The number of aryl methyl sites for hydroxylation is 1. The average molecular weight is 348 g/mol. The van der Waals surface area contributed by atoms with Gasteiger partial charge in [0.05, 0.1) is 0 Å². The number of ether oxygens (including phenoxy) is 1. The molecule has 1 aromatic rings. The molecule has 1 aromatic carbocycles. The highest BCUT2D eigenvalue weighted by atomic mass is 16.6. The van der Waals surface area contributed by atoms with Crippen LogP contribution >= 0.6 is 0 Å². The van der Waals surface area contributed by atoms with Crippen molar-refractivity contribution in [2.45, 2.75) is 51.6 Å². The summed E-state index contributed by atoms with van der Waals surface area (Å²) in [6.07, 6.45) is 3.13. The molecule has 0 heterocycles. The van der Waals surface area contributed by atoms with E-state index in [9.17, 15) is 19.5 Å². The molecule has 3 N–H and O–H groups in total. The maximum Gasteiger partial charge on any atom is 0.338 e. The molecule has 0 saturated heterocycles. The lowest BCUT2D eigenvalue weighted by atomic mass is 9.85. The molecule has 7 heteroatoms. The number of anilines is 1. The van der Waals surface area contributed by atoms with Gasteiger partial charge in [-0.05, 0) is 56.7 Å². The predicted molar refractivity (Wildman–Crippen MR) is 92.1 cm³/mol. The number of amides is 3. The van der Waals surface area contributed by atoms with Crippen molar-refractivity contribution < 1.29 is 24.2 Å². The minimum atomic E-state index is -1.51. The van der Waals surface area contributed by atoms with E-state index >= 15 is 0 Å². The Balaban J connectivity index is 1.80. The van der Waals surface area contributed by atoms with Gasteiger partial charge in [-0.15, -0.1) is 0 Å². The average Bonchev–Trinajstić information content (AvgIpc) is 2.57. The summed E-state index contributed by atoms with van der Waals surface area (Å²) in [6, 6.07) is 4.74. The summed E-state index contributed by atoms with van der Waals surface area (Å²) >= 11 is 0. The van der Waals surface area contributed by atoms with Crippen LogP contribution in [0.2, 0.25) is 0 Å². The molecule has 1 saturated carbocycles. The lowest BCUT2D eigenvalue weighted by Gasteiger charge is -2.29. The molecule has 0 spiro atoms. The van der Waals surface area contributed by atoms with Crippen LogP contribution in [-0.4, -0.2) is 35.2 Å². The highest BCUT2D eigenvalue weighted by Gasteiger charge is 2.38. The zero-order valence-electron chi connectivity index (χ0n) is 14.6. The van der Waals surface area contributed by atoms with Crippen molar-refractivity contribution in [2.75, 3.05) is 11.9 Å². The summed E-state index contributed by atoms with van der Waals surface area (Å²) < 4.78 is 4.86. The lowest BCUT2D eigenvalue weighted by Crippen LogP contribution is -2.44. The Bertz CT molecular complexity index is 665. The number of benzene rings is 1. The van der Waals surface area contributed by atoms with Crippen molar-refractivity contribution in [1.29, 1.82) is 0 Å². The highest BCUT2D eigenvalue weighted by Crippen LogP contribution is 2.29. The second-order valence-electron chi connectivity index (χ2n) is 6.42. The maximum atomic E-state index is 11.9. The molecule has 0 atom stereocenters. The molecule has 3 amide bonds. The van der Waals surface area contributed by atoms with Crippen LogP contribution in [0.4, 0.5) is 10.5 Å². The summed E-state index contributed by atoms with van der Waals surface area (Å²) in [5.41, 5.74) is 0.994. The molecule has 7 nitrogen and oxygen atoms in total. The summed E-state index contributed by atoms with van der Waals surface area (Å²) in [6.45, 7) is 3.17. The van der Waals surface area contributed by atoms with Gasteiger partial charge < -0.3 is 15.2 Å². The van der Waals surface area contributed by atoms with E-state index in [0.717, 1.165) is 30.4 Å². The number of esters is 1. The Morgan fingerprint density at radius 3 is 2.52 bits per heavy atom. The molecule has 1 aliphatic carbocycles. The summed E-state index contributed by atoms with van der Waals surface area (Å²) in [7, 11) is 0. The van der Waals surface area contributed by atoms with E-state index in [4.69, 9.17) is 4.74 Å². The van der Waals surface area contributed by atoms with Gasteiger partial charge in [0.15, 0.2) is 12.2 Å². The number of imide groups is 1. The van der Waals surface area contributed by atoms with Crippen LogP contribution in [-0.2, 0) is 14.3 Å². The van der Waals surface area contributed by atoms with Crippen LogP contribution in [0.25, 0.3) is 0 Å². The van der Waals surface area contributed by atoms with Gasteiger partial charge in [-0.3, -0.25) is 10.1 Å². The van der Waals surface area contributed by atoms with Crippen LogP contribution in [0, 0.1) is 13.8 Å². The van der Waals surface area contributed by atoms with E-state index in [1.165, 1.54) is 0 Å². The van der Waals surface area contributed by atoms with E-state index < -0.39 is 30.1 Å². The van der Waals surface area contributed by atoms with E-state index in [0.29, 0.717) is 18.5 Å². The zero-order chi connectivity index (χ0) is 18.4. The fourth-order valence-electron chi connectivity index (χ4n) is 2.81. The largest absolute Gasteiger partial charge is 0.453 e. The molecule has 0 radical (unpaired) electrons. The molecule has 0 aromatic heterocycles. The molecular weight excluding hydrogens is 324 g/mol. The van der Waals surface area contributed by atoms with Crippen molar-refractivity contribution in [2.24, 2.45) is 0 Å². The number of carbonyl (C=O) groups is 3. The first-order valence-corrected chi connectivity index (χ1v) is 8.38. The fraction of sp³-hybridized carbons (Fsp3) is 0.500. The van der Waals surface area contributed by atoms with E-state index in [-0.39, 0.29) is 0 Å². The number of nitrogens with one attached hydrogen (secondary N) is 2. The number of aliphatic hydroxyl groups is 1. The Morgan fingerprint density at radius 2 is 1.84 bits per heavy atom. The van der Waals surface area contributed by atoms with Gasteiger partial charge in [-0.2, -0.15) is 0 Å². The minimum absolute atomic E-state index is 0.334. The number of carbonyl (C=O) groups excluding carboxylic acids is 3. The monoisotopic (exact) mass is 348 g/mol. The molecular formula is C18H24N2O5. The molecule has 136 valence electrons. The molecule has 1 fully saturated rings. The van der Waals surface area contributed by atoms with E-state index in [1.807, 2.05) is 19.9 Å². The second-order valence-corrected chi connectivity index (χ2v) is 6.42. The smallest absolute Gasteiger partial charge is 0.338 e. The Hall–Kier alpha value is -2.41. The van der Waals surface area contributed by atoms with Gasteiger partial charge in [0.2, 0.25) is 0 Å². The molecule has 2 rings (SSSR count). The number of urea groups is 1. The summed E-state index contributed by atoms with van der Waals surface area (Å²) in [5.74, 6) is -1.56. The van der Waals surface area contributed by atoms with Crippen molar-refractivity contribution in [1.82, 2.24) is 5.32 Å². The summed E-state index contributed by atoms with van der Waals surface area (Å²) in [5, 5.41) is 14.9. The normalized spacial score (nSPS) is 16.0. The predicted octanol–water partition coefficient (Wildman–Crippen LogP) is 2.19. The van der Waals surface area contributed by atoms with Gasteiger partial charge in [-0.1, -0.05) is 18.6 Å². The van der Waals surface area contributed by atoms with Crippen LogP contribution in [0.15, 0.2) is 18.2 Å². The number of hydrogen-bond acceptors (Lipinski definition) is 5. The Labute approximate surface area is 146 Å². The standard InChI is InChI=1S/C18H24N2O5/c1-12-7-6-8-14(13(12)2)19-17(23)20-15(21)11-25-16(22)18(24)9-4-3-5-10-18/h6-8,24H,3-5,9-11H2,1-2H3,(H2,19,20,21,23). The van der Waals surface area contributed by atoms with E-state index in [1.54, 1.807) is 12.1 Å². The van der Waals surface area contributed by atoms with Gasteiger partial charge >= 0.3 is 12.0 Å². The lowest BCUT2D eigenvalue weighted by molar-refractivity contribution is -0.170. The third kappa shape index (κ3) is 5.03. The highest BCUT2D eigenvalue weighted by molar-refractivity contribution is 6.02. The number of hydrogen-bond donors (Lipinski definition) is 3. The summed E-state index contributed by atoms with van der Waals surface area (Å²) in [4.78, 5) is 35.5. The Kier molecular flexibility index (Phi) is 6.14. The van der Waals surface area contributed by atoms with Crippen molar-refractivity contribution in [3.8, 4) is 0 Å². The molecule has 0 aliphatic heterocycles. The SMILES string of the molecule is Cc1cccc(NC(=O)NC(=O)COC(=O)C2(O)CCCCC2)c1C. The van der Waals surface area contributed by atoms with Crippen LogP contribution < -0.4 is 10.6 Å². The third-order valence-electron chi connectivity index (χ3n) is 4.50. The first-order chi connectivity index (χ1) is 11.8. The van der Waals surface area contributed by atoms with Crippen molar-refractivity contribution in [3.05, 3.63) is 29.3 Å². The van der Waals surface area contributed by atoms with E-state index in [2.05, 4.69) is 10.6 Å². The first kappa shape index (κ1) is 18.9.